The fraction of sp³-hybridized carbons (Fsp3) is 0.167. The number of nitriles is 1. The molecule has 0 spiro atoms. The highest BCUT2D eigenvalue weighted by Gasteiger charge is 2.19. The van der Waals surface area contributed by atoms with Crippen LogP contribution in [-0.4, -0.2) is 28.7 Å². The summed E-state index contributed by atoms with van der Waals surface area (Å²) in [5, 5.41) is 28.9. The summed E-state index contributed by atoms with van der Waals surface area (Å²) in [4.78, 5) is 35.7. The number of hydrogen-bond donors (Lipinski definition) is 0. The number of nitro groups is 1. The SMILES string of the molecule is CCn1c(=O)c2ccccc2n2c(Cn3cc([N+](=O)[O-])cc(C#N)c3=O)nnc12. The van der Waals surface area contributed by atoms with Crippen molar-refractivity contribution in [3.63, 3.8) is 0 Å². The smallest absolute Gasteiger partial charge is 0.287 e. The van der Waals surface area contributed by atoms with Crippen LogP contribution in [0.25, 0.3) is 16.7 Å². The minimum Gasteiger partial charge on any atom is -0.300 e. The molecule has 4 rings (SSSR count). The molecule has 144 valence electrons. The summed E-state index contributed by atoms with van der Waals surface area (Å²) in [7, 11) is 0. The normalized spacial score (nSPS) is 11.0. The van der Waals surface area contributed by atoms with Crippen molar-refractivity contribution in [3.8, 4) is 6.07 Å². The van der Waals surface area contributed by atoms with E-state index in [1.807, 2.05) is 0 Å². The minimum absolute atomic E-state index is 0.164. The van der Waals surface area contributed by atoms with Crippen molar-refractivity contribution in [2.24, 2.45) is 0 Å². The predicted octanol–water partition coefficient (Wildman–Crippen LogP) is 1.05. The van der Waals surface area contributed by atoms with Crippen LogP contribution < -0.4 is 11.1 Å². The van der Waals surface area contributed by atoms with E-state index in [1.165, 1.54) is 4.57 Å². The zero-order chi connectivity index (χ0) is 20.7. The molecule has 0 aliphatic rings. The number of hydrogen-bond acceptors (Lipinski definition) is 7. The lowest BCUT2D eigenvalue weighted by molar-refractivity contribution is -0.385. The lowest BCUT2D eigenvalue weighted by Gasteiger charge is -2.10. The molecular formula is C18H13N7O4. The van der Waals surface area contributed by atoms with Gasteiger partial charge in [-0.1, -0.05) is 12.1 Å². The minimum atomic E-state index is -0.678. The first-order chi connectivity index (χ1) is 14.0. The Hall–Kier alpha value is -4.33. The van der Waals surface area contributed by atoms with Crippen molar-refractivity contribution >= 4 is 22.4 Å². The van der Waals surface area contributed by atoms with Crippen molar-refractivity contribution < 1.29 is 4.92 Å². The first kappa shape index (κ1) is 18.1. The Morgan fingerprint density at radius 3 is 2.66 bits per heavy atom. The van der Waals surface area contributed by atoms with Gasteiger partial charge in [-0.05, 0) is 19.1 Å². The summed E-state index contributed by atoms with van der Waals surface area (Å²) >= 11 is 0. The highest BCUT2D eigenvalue weighted by atomic mass is 16.6. The maximum Gasteiger partial charge on any atom is 0.287 e. The van der Waals surface area contributed by atoms with Gasteiger partial charge in [0, 0.05) is 12.6 Å². The molecule has 11 heteroatoms. The van der Waals surface area contributed by atoms with E-state index in [4.69, 9.17) is 5.26 Å². The van der Waals surface area contributed by atoms with E-state index in [2.05, 4.69) is 10.2 Å². The van der Waals surface area contributed by atoms with Gasteiger partial charge in [0.2, 0.25) is 5.78 Å². The van der Waals surface area contributed by atoms with Crippen LogP contribution in [0, 0.1) is 21.4 Å². The van der Waals surface area contributed by atoms with Gasteiger partial charge in [-0.2, -0.15) is 5.26 Å². The van der Waals surface area contributed by atoms with E-state index < -0.39 is 10.5 Å². The Kier molecular flexibility index (Phi) is 4.16. The highest BCUT2D eigenvalue weighted by Crippen LogP contribution is 2.16. The first-order valence-electron chi connectivity index (χ1n) is 8.60. The van der Waals surface area contributed by atoms with E-state index in [9.17, 15) is 19.7 Å². The highest BCUT2D eigenvalue weighted by molar-refractivity contribution is 5.80. The van der Waals surface area contributed by atoms with Crippen LogP contribution in [0.2, 0.25) is 0 Å². The molecule has 0 radical (unpaired) electrons. The van der Waals surface area contributed by atoms with Gasteiger partial charge in [0.25, 0.3) is 16.8 Å². The molecular weight excluding hydrogens is 378 g/mol. The van der Waals surface area contributed by atoms with Crippen LogP contribution in [0.3, 0.4) is 0 Å². The van der Waals surface area contributed by atoms with Crippen LogP contribution >= 0.6 is 0 Å². The third kappa shape index (κ3) is 2.74. The second-order valence-electron chi connectivity index (χ2n) is 6.23. The van der Waals surface area contributed by atoms with Crippen molar-refractivity contribution in [2.75, 3.05) is 0 Å². The van der Waals surface area contributed by atoms with E-state index in [0.717, 1.165) is 16.8 Å². The number of pyridine rings is 1. The Morgan fingerprint density at radius 1 is 1.21 bits per heavy atom. The van der Waals surface area contributed by atoms with Crippen LogP contribution in [0.15, 0.2) is 46.1 Å². The molecule has 3 heterocycles. The van der Waals surface area contributed by atoms with Gasteiger partial charge in [0.15, 0.2) is 5.82 Å². The van der Waals surface area contributed by atoms with Gasteiger partial charge in [0.1, 0.15) is 11.6 Å². The lowest BCUT2D eigenvalue weighted by atomic mass is 10.2. The number of rotatable bonds is 4. The summed E-state index contributed by atoms with van der Waals surface area (Å²) in [5.41, 5.74) is -1.07. The summed E-state index contributed by atoms with van der Waals surface area (Å²) in [6, 6.07) is 9.52. The second kappa shape index (κ2) is 6.68. The molecule has 0 saturated heterocycles. The Balaban J connectivity index is 2.01. The standard InChI is InChI=1S/C18H13N7O4/c1-2-23-17(27)13-5-3-4-6-14(13)24-15(20-21-18(23)24)10-22-9-12(25(28)29)7-11(8-19)16(22)26/h3-7,9H,2,10H2,1H3. The summed E-state index contributed by atoms with van der Waals surface area (Å²) in [6.45, 7) is 2.00. The number of benzene rings is 1. The molecule has 11 nitrogen and oxygen atoms in total. The average molecular weight is 391 g/mol. The number of aryl methyl sites for hydroxylation is 1. The third-order valence-electron chi connectivity index (χ3n) is 4.61. The fourth-order valence-corrected chi connectivity index (χ4v) is 3.27. The largest absolute Gasteiger partial charge is 0.300 e. The van der Waals surface area contributed by atoms with E-state index in [1.54, 1.807) is 41.7 Å². The van der Waals surface area contributed by atoms with E-state index in [0.29, 0.717) is 29.0 Å². The van der Waals surface area contributed by atoms with Crippen LogP contribution in [0.5, 0.6) is 0 Å². The fourth-order valence-electron chi connectivity index (χ4n) is 3.27. The lowest BCUT2D eigenvalue weighted by Crippen LogP contribution is -2.25. The number of fused-ring (bicyclic) bond motifs is 3. The van der Waals surface area contributed by atoms with E-state index >= 15 is 0 Å². The zero-order valence-corrected chi connectivity index (χ0v) is 15.1. The van der Waals surface area contributed by atoms with Gasteiger partial charge >= 0.3 is 0 Å². The summed E-state index contributed by atoms with van der Waals surface area (Å²) in [6.07, 6.45) is 1.06. The Bertz CT molecular complexity index is 1460. The van der Waals surface area contributed by atoms with Crippen molar-refractivity contribution in [2.45, 2.75) is 20.0 Å². The van der Waals surface area contributed by atoms with Crippen LogP contribution in [0.1, 0.15) is 18.3 Å². The molecule has 29 heavy (non-hydrogen) atoms. The Labute approximate surface area is 161 Å². The van der Waals surface area contributed by atoms with Crippen LogP contribution in [0.4, 0.5) is 5.69 Å². The first-order valence-corrected chi connectivity index (χ1v) is 8.60. The average Bonchev–Trinajstić information content (AvgIpc) is 3.13. The quantitative estimate of drug-likeness (QED) is 0.374. The molecule has 0 aliphatic carbocycles. The summed E-state index contributed by atoms with van der Waals surface area (Å²) < 4.78 is 4.14. The zero-order valence-electron chi connectivity index (χ0n) is 15.1. The second-order valence-corrected chi connectivity index (χ2v) is 6.23. The topological polar surface area (TPSA) is 141 Å². The molecule has 0 unspecified atom stereocenters. The molecule has 0 saturated carbocycles. The molecule has 4 aromatic rings. The van der Waals surface area contributed by atoms with Crippen LogP contribution in [-0.2, 0) is 13.1 Å². The molecule has 0 amide bonds. The third-order valence-corrected chi connectivity index (χ3v) is 4.61. The molecule has 0 atom stereocenters. The van der Waals surface area contributed by atoms with Gasteiger partial charge in [0.05, 0.1) is 28.6 Å². The van der Waals surface area contributed by atoms with Gasteiger partial charge < -0.3 is 0 Å². The number of nitrogens with zero attached hydrogens (tertiary/aromatic N) is 7. The van der Waals surface area contributed by atoms with Gasteiger partial charge in [-0.15, -0.1) is 10.2 Å². The molecule has 0 fully saturated rings. The molecule has 0 aliphatic heterocycles. The molecule has 0 N–H and O–H groups in total. The Morgan fingerprint density at radius 2 is 1.97 bits per heavy atom. The maximum absolute atomic E-state index is 12.7. The van der Waals surface area contributed by atoms with Crippen molar-refractivity contribution in [3.05, 3.63) is 78.7 Å². The number of aromatic nitrogens is 5. The monoisotopic (exact) mass is 391 g/mol. The molecule has 0 bridgehead atoms. The van der Waals surface area contributed by atoms with Crippen molar-refractivity contribution in [1.29, 1.82) is 5.26 Å². The summed E-state index contributed by atoms with van der Waals surface area (Å²) in [5.74, 6) is 0.593. The number of para-hydroxylation sites is 1. The maximum atomic E-state index is 12.7. The predicted molar refractivity (Wildman–Crippen MR) is 102 cm³/mol. The molecule has 1 aromatic carbocycles. The van der Waals surface area contributed by atoms with Gasteiger partial charge in [-0.25, -0.2) is 0 Å². The van der Waals surface area contributed by atoms with E-state index in [-0.39, 0.29) is 23.4 Å². The molecule has 3 aromatic heterocycles. The van der Waals surface area contributed by atoms with Gasteiger partial charge in [-0.3, -0.25) is 33.2 Å². The van der Waals surface area contributed by atoms with Crippen molar-refractivity contribution in [1.82, 2.24) is 23.7 Å².